The number of anilines is 3. The van der Waals surface area contributed by atoms with E-state index in [0.717, 1.165) is 33.4 Å². The number of aliphatic hydroxyl groups excluding tert-OH is 1. The number of urea groups is 1. The highest BCUT2D eigenvalue weighted by atomic mass is 32.1. The van der Waals surface area contributed by atoms with Crippen LogP contribution in [0.3, 0.4) is 0 Å². The Morgan fingerprint density at radius 2 is 2.00 bits per heavy atom. The molecule has 0 unspecified atom stereocenters. The van der Waals surface area contributed by atoms with Crippen molar-refractivity contribution in [3.05, 3.63) is 34.8 Å². The van der Waals surface area contributed by atoms with Gasteiger partial charge in [0.1, 0.15) is 17.6 Å². The number of carbonyl (C=O) groups is 3. The number of hydrogen-bond donors (Lipinski definition) is 2. The van der Waals surface area contributed by atoms with E-state index in [0.29, 0.717) is 12.1 Å². The van der Waals surface area contributed by atoms with Gasteiger partial charge in [0.2, 0.25) is 0 Å². The standard InChI is InChI=1S/C22H25F2N5O6S/c1-13(31)2-3-16-10-28(22(33)35-16)15-8-17(23)19(18(24)9-15)27-4-5-29(34-7-6-27)21(32)26-20-25-14(11-30)12-36-20/h8-9,12,16,30H,2-7,10-11H2,1H3,(H,25,26,32)/t16-/m0/s1. The van der Waals surface area contributed by atoms with E-state index in [-0.39, 0.29) is 68.1 Å². The molecule has 2 aromatic rings. The number of ether oxygens (including phenoxy) is 1. The largest absolute Gasteiger partial charge is 0.444 e. The van der Waals surface area contributed by atoms with Gasteiger partial charge in [0, 0.05) is 37.0 Å². The fourth-order valence-corrected chi connectivity index (χ4v) is 4.57. The number of ketones is 1. The summed E-state index contributed by atoms with van der Waals surface area (Å²) in [5.41, 5.74) is 0.140. The first-order valence-electron chi connectivity index (χ1n) is 11.2. The van der Waals surface area contributed by atoms with Crippen molar-refractivity contribution in [1.82, 2.24) is 10.0 Å². The maximum atomic E-state index is 15.1. The van der Waals surface area contributed by atoms with E-state index in [1.807, 2.05) is 0 Å². The van der Waals surface area contributed by atoms with Gasteiger partial charge >= 0.3 is 12.1 Å². The number of aromatic nitrogens is 1. The van der Waals surface area contributed by atoms with Crippen LogP contribution in [0.5, 0.6) is 0 Å². The lowest BCUT2D eigenvalue weighted by atomic mass is 10.1. The highest BCUT2D eigenvalue weighted by molar-refractivity contribution is 7.13. The van der Waals surface area contributed by atoms with Crippen molar-refractivity contribution in [2.24, 2.45) is 0 Å². The summed E-state index contributed by atoms with van der Waals surface area (Å²) in [6.45, 7) is 1.47. The van der Waals surface area contributed by atoms with Crippen LogP contribution in [0.15, 0.2) is 17.5 Å². The van der Waals surface area contributed by atoms with Crippen molar-refractivity contribution in [3.8, 4) is 0 Å². The summed E-state index contributed by atoms with van der Waals surface area (Å²) in [5.74, 6) is -1.79. The highest BCUT2D eigenvalue weighted by Crippen LogP contribution is 2.32. The highest BCUT2D eigenvalue weighted by Gasteiger charge is 2.34. The van der Waals surface area contributed by atoms with E-state index in [4.69, 9.17) is 14.7 Å². The van der Waals surface area contributed by atoms with Crippen molar-refractivity contribution >= 4 is 45.8 Å². The minimum Gasteiger partial charge on any atom is -0.444 e. The average molecular weight is 526 g/mol. The predicted molar refractivity (Wildman–Crippen MR) is 126 cm³/mol. The Kier molecular flexibility index (Phi) is 7.96. The lowest BCUT2D eigenvalue weighted by Crippen LogP contribution is -2.37. The molecule has 14 heteroatoms. The summed E-state index contributed by atoms with van der Waals surface area (Å²) >= 11 is 1.14. The molecule has 1 aromatic carbocycles. The summed E-state index contributed by atoms with van der Waals surface area (Å²) in [7, 11) is 0. The number of rotatable bonds is 7. The molecule has 0 bridgehead atoms. The zero-order valence-electron chi connectivity index (χ0n) is 19.4. The van der Waals surface area contributed by atoms with Gasteiger partial charge in [-0.1, -0.05) is 0 Å². The quantitative estimate of drug-likeness (QED) is 0.566. The first-order valence-corrected chi connectivity index (χ1v) is 12.1. The number of carbonyl (C=O) groups excluding carboxylic acids is 3. The van der Waals surface area contributed by atoms with Crippen LogP contribution in [0, 0.1) is 11.6 Å². The molecule has 0 saturated carbocycles. The molecule has 1 aromatic heterocycles. The van der Waals surface area contributed by atoms with E-state index < -0.39 is 29.9 Å². The molecule has 3 heterocycles. The Bertz CT molecular complexity index is 1120. The molecular formula is C22H25F2N5O6S. The maximum absolute atomic E-state index is 15.1. The first-order chi connectivity index (χ1) is 17.2. The number of nitrogens with zero attached hydrogens (tertiary/aromatic N) is 4. The zero-order valence-corrected chi connectivity index (χ0v) is 20.2. The van der Waals surface area contributed by atoms with Crippen LogP contribution in [-0.4, -0.2) is 72.0 Å². The summed E-state index contributed by atoms with van der Waals surface area (Å²) < 4.78 is 35.4. The molecule has 0 spiro atoms. The van der Waals surface area contributed by atoms with Crippen molar-refractivity contribution in [2.45, 2.75) is 32.5 Å². The molecule has 0 aliphatic carbocycles. The molecule has 194 valence electrons. The number of hydrogen-bond acceptors (Lipinski definition) is 9. The fraction of sp³-hybridized carbons (Fsp3) is 0.455. The number of amides is 3. The molecule has 2 fully saturated rings. The van der Waals surface area contributed by atoms with Crippen LogP contribution >= 0.6 is 11.3 Å². The molecule has 2 aliphatic rings. The van der Waals surface area contributed by atoms with Crippen LogP contribution in [0.2, 0.25) is 0 Å². The van der Waals surface area contributed by atoms with Gasteiger partial charge in [0.25, 0.3) is 0 Å². The minimum absolute atomic E-state index is 0.00983. The van der Waals surface area contributed by atoms with Crippen LogP contribution in [-0.2, 0) is 21.0 Å². The topological polar surface area (TPSA) is 125 Å². The Balaban J connectivity index is 1.40. The third-order valence-corrected chi connectivity index (χ3v) is 6.46. The van der Waals surface area contributed by atoms with E-state index in [2.05, 4.69) is 10.3 Å². The second-order valence-electron chi connectivity index (χ2n) is 8.27. The Hall–Kier alpha value is -3.36. The van der Waals surface area contributed by atoms with Gasteiger partial charge < -0.3 is 19.5 Å². The normalized spacial score (nSPS) is 18.3. The second kappa shape index (κ2) is 11.1. The van der Waals surface area contributed by atoms with Crippen molar-refractivity contribution in [3.63, 3.8) is 0 Å². The molecule has 11 nitrogen and oxygen atoms in total. The Morgan fingerprint density at radius 1 is 1.25 bits per heavy atom. The lowest BCUT2D eigenvalue weighted by molar-refractivity contribution is -0.117. The van der Waals surface area contributed by atoms with Gasteiger partial charge in [0.05, 0.1) is 37.7 Å². The van der Waals surface area contributed by atoms with Crippen LogP contribution in [0.25, 0.3) is 0 Å². The number of hydroxylamine groups is 2. The van der Waals surface area contributed by atoms with E-state index in [9.17, 15) is 14.4 Å². The smallest absolute Gasteiger partial charge is 0.414 e. The van der Waals surface area contributed by atoms with Gasteiger partial charge in [-0.2, -0.15) is 0 Å². The summed E-state index contributed by atoms with van der Waals surface area (Å²) in [6.07, 6.45) is -0.686. The Morgan fingerprint density at radius 3 is 2.67 bits per heavy atom. The maximum Gasteiger partial charge on any atom is 0.414 e. The third-order valence-electron chi connectivity index (χ3n) is 5.66. The van der Waals surface area contributed by atoms with Crippen LogP contribution in [0.4, 0.5) is 34.9 Å². The SMILES string of the molecule is CC(=O)CC[C@H]1CN(c2cc(F)c(N3CCON(C(=O)Nc4nc(CO)cs4)CC3)c(F)c2)C(=O)O1. The molecular weight excluding hydrogens is 500 g/mol. The average Bonchev–Trinajstić information content (AvgIpc) is 3.36. The number of cyclic esters (lactones) is 1. The molecule has 36 heavy (non-hydrogen) atoms. The first kappa shape index (κ1) is 25.7. The third kappa shape index (κ3) is 5.88. The fourth-order valence-electron chi connectivity index (χ4n) is 3.88. The number of halogens is 2. The number of Topliss-reactive ketones (excluding diaryl/α,β-unsaturated/α-hetero) is 1. The lowest BCUT2D eigenvalue weighted by Gasteiger charge is -2.24. The van der Waals surface area contributed by atoms with Gasteiger partial charge in [-0.25, -0.2) is 28.4 Å². The van der Waals surface area contributed by atoms with Gasteiger partial charge in [-0.05, 0) is 13.3 Å². The summed E-state index contributed by atoms with van der Waals surface area (Å²) in [4.78, 5) is 47.9. The van der Waals surface area contributed by atoms with E-state index in [1.54, 1.807) is 5.38 Å². The number of nitrogens with one attached hydrogen (secondary N) is 1. The summed E-state index contributed by atoms with van der Waals surface area (Å²) in [6, 6.07) is 1.52. The number of thiazole rings is 1. The van der Waals surface area contributed by atoms with Crippen LogP contribution < -0.4 is 15.1 Å². The van der Waals surface area contributed by atoms with Gasteiger partial charge in [-0.3, -0.25) is 15.1 Å². The molecule has 3 amide bonds. The predicted octanol–water partition coefficient (Wildman–Crippen LogP) is 2.89. The molecule has 2 saturated heterocycles. The number of benzene rings is 1. The van der Waals surface area contributed by atoms with Crippen molar-refractivity contribution < 1.29 is 37.8 Å². The summed E-state index contributed by atoms with van der Waals surface area (Å²) in [5, 5.41) is 14.6. The van der Waals surface area contributed by atoms with E-state index >= 15 is 8.78 Å². The molecule has 2 aliphatic heterocycles. The molecule has 2 N–H and O–H groups in total. The van der Waals surface area contributed by atoms with Crippen LogP contribution in [0.1, 0.15) is 25.5 Å². The molecule has 4 rings (SSSR count). The minimum atomic E-state index is -0.873. The number of aliphatic hydroxyl groups is 1. The monoisotopic (exact) mass is 525 g/mol. The molecule has 0 radical (unpaired) electrons. The molecule has 1 atom stereocenters. The van der Waals surface area contributed by atoms with Gasteiger partial charge in [0.15, 0.2) is 16.8 Å². The second-order valence-corrected chi connectivity index (χ2v) is 9.13. The van der Waals surface area contributed by atoms with Crippen molar-refractivity contribution in [2.75, 3.05) is 47.9 Å². The zero-order chi connectivity index (χ0) is 25.8. The Labute approximate surface area is 209 Å². The van der Waals surface area contributed by atoms with Crippen molar-refractivity contribution in [1.29, 1.82) is 0 Å². The van der Waals surface area contributed by atoms with E-state index in [1.165, 1.54) is 11.8 Å². The van der Waals surface area contributed by atoms with Gasteiger partial charge in [-0.15, -0.1) is 11.3 Å².